The molecule has 0 aliphatic rings. The molecule has 0 amide bonds. The van der Waals surface area contributed by atoms with E-state index < -0.39 is 18.8 Å². The number of halogens is 5. The number of alkyl halides is 4. The average molecular weight is 335 g/mol. The van der Waals surface area contributed by atoms with Gasteiger partial charge in [-0.15, -0.1) is 13.2 Å². The Hall–Kier alpha value is -0.600. The van der Waals surface area contributed by atoms with E-state index in [0.29, 0.717) is 5.69 Å². The fourth-order valence-corrected chi connectivity index (χ4v) is 1.56. The zero-order valence-corrected chi connectivity index (χ0v) is 9.69. The van der Waals surface area contributed by atoms with Crippen LogP contribution in [0.25, 0.3) is 0 Å². The topological polar surface area (TPSA) is 22.1 Å². The van der Waals surface area contributed by atoms with Crippen molar-refractivity contribution in [2.24, 2.45) is 0 Å². The van der Waals surface area contributed by atoms with Gasteiger partial charge in [0.05, 0.1) is 0 Å². The number of ether oxygens (including phenoxy) is 1. The molecule has 1 rings (SSSR count). The minimum absolute atomic E-state index is 0.0552. The lowest BCUT2D eigenvalue weighted by Gasteiger charge is -2.11. The second kappa shape index (κ2) is 4.50. The molecule has 0 aliphatic carbocycles. The summed E-state index contributed by atoms with van der Waals surface area (Å²) in [7, 11) is 0. The number of pyridine rings is 1. The minimum atomic E-state index is -4.79. The highest BCUT2D eigenvalue weighted by Crippen LogP contribution is 2.28. The molecule has 1 heterocycles. The molecular formula is C8H6F4INO. The van der Waals surface area contributed by atoms with Crippen LogP contribution in [0.3, 0.4) is 0 Å². The number of hydrogen-bond acceptors (Lipinski definition) is 2. The number of rotatable bonds is 2. The van der Waals surface area contributed by atoms with Gasteiger partial charge in [-0.1, -0.05) is 0 Å². The van der Waals surface area contributed by atoms with Gasteiger partial charge in [0.1, 0.15) is 10.4 Å². The van der Waals surface area contributed by atoms with Crippen molar-refractivity contribution in [2.75, 3.05) is 0 Å². The Morgan fingerprint density at radius 2 is 2.07 bits per heavy atom. The molecule has 0 saturated heterocycles. The van der Waals surface area contributed by atoms with E-state index in [0.717, 1.165) is 6.07 Å². The van der Waals surface area contributed by atoms with Crippen LogP contribution in [0.2, 0.25) is 0 Å². The van der Waals surface area contributed by atoms with Crippen molar-refractivity contribution in [3.8, 4) is 5.75 Å². The Morgan fingerprint density at radius 3 is 2.53 bits per heavy atom. The molecule has 2 nitrogen and oxygen atoms in total. The van der Waals surface area contributed by atoms with Gasteiger partial charge >= 0.3 is 6.36 Å². The summed E-state index contributed by atoms with van der Waals surface area (Å²) in [6, 6.07) is 1.01. The molecule has 0 unspecified atom stereocenters. The van der Waals surface area contributed by atoms with E-state index in [-0.39, 0.29) is 9.26 Å². The van der Waals surface area contributed by atoms with Gasteiger partial charge in [0.2, 0.25) is 0 Å². The normalized spacial score (nSPS) is 11.6. The molecule has 0 aromatic carbocycles. The van der Waals surface area contributed by atoms with E-state index in [4.69, 9.17) is 0 Å². The van der Waals surface area contributed by atoms with Crippen molar-refractivity contribution in [2.45, 2.75) is 20.0 Å². The van der Waals surface area contributed by atoms with Crippen LogP contribution in [0.5, 0.6) is 5.75 Å². The highest BCUT2D eigenvalue weighted by molar-refractivity contribution is 14.1. The Morgan fingerprint density at radius 1 is 1.47 bits per heavy atom. The standard InChI is InChI=1S/C8H6F4INO/c1-4-5(3-9)2-6(7(13)14-4)15-8(10,11)12/h2H,3H2,1H3. The van der Waals surface area contributed by atoms with Crippen molar-refractivity contribution >= 4 is 22.6 Å². The predicted molar refractivity (Wildman–Crippen MR) is 53.2 cm³/mol. The largest absolute Gasteiger partial charge is 0.573 e. The van der Waals surface area contributed by atoms with Crippen molar-refractivity contribution in [1.29, 1.82) is 0 Å². The van der Waals surface area contributed by atoms with E-state index in [9.17, 15) is 17.6 Å². The maximum absolute atomic E-state index is 12.4. The highest BCUT2D eigenvalue weighted by atomic mass is 127. The van der Waals surface area contributed by atoms with Crippen LogP contribution in [-0.4, -0.2) is 11.3 Å². The molecule has 0 aliphatic heterocycles. The first-order valence-electron chi connectivity index (χ1n) is 3.81. The van der Waals surface area contributed by atoms with Gasteiger partial charge in [0.25, 0.3) is 0 Å². The second-order valence-corrected chi connectivity index (χ2v) is 3.73. The molecule has 0 bridgehead atoms. The lowest BCUT2D eigenvalue weighted by atomic mass is 10.2. The van der Waals surface area contributed by atoms with Crippen LogP contribution < -0.4 is 4.74 Å². The third-order valence-electron chi connectivity index (χ3n) is 1.61. The number of aromatic nitrogens is 1. The first-order chi connectivity index (χ1) is 6.83. The molecule has 0 fully saturated rings. The summed E-state index contributed by atoms with van der Waals surface area (Å²) >= 11 is 1.60. The molecule has 15 heavy (non-hydrogen) atoms. The summed E-state index contributed by atoms with van der Waals surface area (Å²) in [5.41, 5.74) is 0.450. The van der Waals surface area contributed by atoms with Crippen molar-refractivity contribution < 1.29 is 22.3 Å². The molecular weight excluding hydrogens is 329 g/mol. The lowest BCUT2D eigenvalue weighted by Crippen LogP contribution is -2.18. The molecule has 0 saturated carbocycles. The maximum atomic E-state index is 12.4. The second-order valence-electron chi connectivity index (χ2n) is 2.70. The fourth-order valence-electron chi connectivity index (χ4n) is 0.928. The number of aryl methyl sites for hydroxylation is 1. The fraction of sp³-hybridized carbons (Fsp3) is 0.375. The Balaban J connectivity index is 3.08. The van der Waals surface area contributed by atoms with Gasteiger partial charge in [0, 0.05) is 11.3 Å². The van der Waals surface area contributed by atoms with E-state index in [1.54, 1.807) is 22.6 Å². The van der Waals surface area contributed by atoms with Gasteiger partial charge in [0.15, 0.2) is 5.75 Å². The quantitative estimate of drug-likeness (QED) is 0.470. The molecule has 1 aromatic rings. The Bertz CT molecular complexity index is 366. The zero-order chi connectivity index (χ0) is 11.6. The smallest absolute Gasteiger partial charge is 0.403 e. The predicted octanol–water partition coefficient (Wildman–Crippen LogP) is 3.36. The average Bonchev–Trinajstić information content (AvgIpc) is 2.07. The Labute approximate surface area is 96.8 Å². The summed E-state index contributed by atoms with van der Waals surface area (Å²) in [4.78, 5) is 3.75. The van der Waals surface area contributed by atoms with Gasteiger partial charge < -0.3 is 4.74 Å². The SMILES string of the molecule is Cc1nc(I)c(OC(F)(F)F)cc1CF. The number of nitrogens with zero attached hydrogens (tertiary/aromatic N) is 1. The molecule has 0 atom stereocenters. The zero-order valence-electron chi connectivity index (χ0n) is 7.53. The molecule has 0 N–H and O–H groups in total. The van der Waals surface area contributed by atoms with Gasteiger partial charge in [-0.25, -0.2) is 9.37 Å². The van der Waals surface area contributed by atoms with E-state index in [2.05, 4.69) is 9.72 Å². The van der Waals surface area contributed by atoms with E-state index >= 15 is 0 Å². The van der Waals surface area contributed by atoms with Crippen LogP contribution in [0, 0.1) is 10.6 Å². The summed E-state index contributed by atoms with van der Waals surface area (Å²) in [6.07, 6.45) is -4.79. The molecule has 7 heteroatoms. The van der Waals surface area contributed by atoms with Crippen LogP contribution in [0.15, 0.2) is 6.07 Å². The van der Waals surface area contributed by atoms with Crippen molar-refractivity contribution in [1.82, 2.24) is 4.98 Å². The summed E-state index contributed by atoms with van der Waals surface area (Å²) in [6.45, 7) is 0.651. The summed E-state index contributed by atoms with van der Waals surface area (Å²) < 4.78 is 51.8. The highest BCUT2D eigenvalue weighted by Gasteiger charge is 2.32. The van der Waals surface area contributed by atoms with E-state index in [1.807, 2.05) is 0 Å². The molecule has 1 aromatic heterocycles. The first kappa shape index (κ1) is 12.5. The third-order valence-corrected chi connectivity index (χ3v) is 2.38. The van der Waals surface area contributed by atoms with Crippen LogP contribution in [-0.2, 0) is 6.67 Å². The van der Waals surface area contributed by atoms with Crippen LogP contribution in [0.4, 0.5) is 17.6 Å². The minimum Gasteiger partial charge on any atom is -0.403 e. The summed E-state index contributed by atoms with van der Waals surface area (Å²) in [5, 5.41) is 0. The van der Waals surface area contributed by atoms with Crippen LogP contribution in [0.1, 0.15) is 11.3 Å². The van der Waals surface area contributed by atoms with Gasteiger partial charge in [-0.3, -0.25) is 0 Å². The summed E-state index contributed by atoms with van der Waals surface area (Å²) in [5.74, 6) is -0.471. The van der Waals surface area contributed by atoms with Crippen molar-refractivity contribution in [3.63, 3.8) is 0 Å². The van der Waals surface area contributed by atoms with Crippen molar-refractivity contribution in [3.05, 3.63) is 21.0 Å². The Kier molecular flexibility index (Phi) is 3.74. The van der Waals surface area contributed by atoms with Gasteiger partial charge in [-0.2, -0.15) is 0 Å². The molecule has 0 spiro atoms. The lowest BCUT2D eigenvalue weighted by molar-refractivity contribution is -0.275. The monoisotopic (exact) mass is 335 g/mol. The van der Waals surface area contributed by atoms with Crippen LogP contribution >= 0.6 is 22.6 Å². The molecule has 0 radical (unpaired) electrons. The van der Waals surface area contributed by atoms with Gasteiger partial charge in [-0.05, 0) is 35.6 Å². The maximum Gasteiger partial charge on any atom is 0.573 e. The molecule has 84 valence electrons. The number of hydrogen-bond donors (Lipinski definition) is 0. The third kappa shape index (κ3) is 3.47. The van der Waals surface area contributed by atoms with E-state index in [1.165, 1.54) is 6.92 Å². The first-order valence-corrected chi connectivity index (χ1v) is 4.89.